The highest BCUT2D eigenvalue weighted by molar-refractivity contribution is 5.92. The average Bonchev–Trinajstić information content (AvgIpc) is 3.53. The first-order valence-electron chi connectivity index (χ1n) is 12.5. The summed E-state index contributed by atoms with van der Waals surface area (Å²) in [6.07, 6.45) is 1.62. The Morgan fingerprint density at radius 1 is 1.09 bits per heavy atom. The first kappa shape index (κ1) is 23.4. The molecule has 0 aromatic heterocycles. The van der Waals surface area contributed by atoms with Gasteiger partial charge < -0.3 is 20.1 Å². The molecular weight excluding hydrogens is 444 g/mol. The standard InChI is InChI=1S/C28H32N2O5/c1-17(2)23(25(31)30-13-7-8-18-14-28(18,30)26(32)33)15-29-27(34)35-16-24-21-11-5-3-9-19(21)20-10-4-6-12-22(20)24/h3-6,9-12,17-18,23-24H,7-8,13-16H2,1-2H3,(H,29,34)(H,32,33)/t18-,23?,28+/m0/s1. The van der Waals surface area contributed by atoms with E-state index in [9.17, 15) is 19.5 Å². The summed E-state index contributed by atoms with van der Waals surface area (Å²) in [6, 6.07) is 16.3. The van der Waals surface area contributed by atoms with Crippen molar-refractivity contribution in [2.45, 2.75) is 44.6 Å². The molecule has 7 nitrogen and oxygen atoms in total. The van der Waals surface area contributed by atoms with Gasteiger partial charge in [-0.2, -0.15) is 0 Å². The Morgan fingerprint density at radius 2 is 1.71 bits per heavy atom. The molecule has 0 radical (unpaired) electrons. The number of carboxylic acid groups (broad SMARTS) is 1. The van der Waals surface area contributed by atoms with Gasteiger partial charge in [0.25, 0.3) is 0 Å². The molecule has 35 heavy (non-hydrogen) atoms. The van der Waals surface area contributed by atoms with Gasteiger partial charge in [-0.15, -0.1) is 0 Å². The zero-order valence-corrected chi connectivity index (χ0v) is 20.2. The third kappa shape index (κ3) is 3.97. The lowest BCUT2D eigenvalue weighted by atomic mass is 9.91. The summed E-state index contributed by atoms with van der Waals surface area (Å²) < 4.78 is 5.61. The fourth-order valence-electron chi connectivity index (χ4n) is 6.02. The maximum atomic E-state index is 13.4. The van der Waals surface area contributed by atoms with Crippen LogP contribution < -0.4 is 5.32 Å². The van der Waals surface area contributed by atoms with Crippen molar-refractivity contribution in [1.82, 2.24) is 10.2 Å². The molecule has 2 amide bonds. The molecule has 1 saturated heterocycles. The van der Waals surface area contributed by atoms with Crippen LogP contribution in [0, 0.1) is 17.8 Å². The SMILES string of the molecule is CC(C)C(CNC(=O)OCC1c2ccccc2-c2ccccc21)C(=O)N1CCC[C@H]2C[C@]21C(=O)O. The monoisotopic (exact) mass is 476 g/mol. The van der Waals surface area contributed by atoms with E-state index >= 15 is 0 Å². The molecule has 7 heteroatoms. The lowest BCUT2D eigenvalue weighted by Crippen LogP contribution is -2.55. The summed E-state index contributed by atoms with van der Waals surface area (Å²) in [6.45, 7) is 4.61. The van der Waals surface area contributed by atoms with Crippen LogP contribution in [-0.2, 0) is 14.3 Å². The molecule has 1 unspecified atom stereocenters. The van der Waals surface area contributed by atoms with Crippen LogP contribution in [0.2, 0.25) is 0 Å². The molecule has 2 N–H and O–H groups in total. The second-order valence-electron chi connectivity index (χ2n) is 10.3. The largest absolute Gasteiger partial charge is 0.479 e. The number of benzene rings is 2. The molecule has 2 aromatic carbocycles. The van der Waals surface area contributed by atoms with Crippen molar-refractivity contribution >= 4 is 18.0 Å². The summed E-state index contributed by atoms with van der Waals surface area (Å²) in [4.78, 5) is 39.6. The number of carboxylic acids is 1. The highest BCUT2D eigenvalue weighted by Crippen LogP contribution is 2.54. The number of carbonyl (C=O) groups excluding carboxylic acids is 2. The van der Waals surface area contributed by atoms with Gasteiger partial charge in [0, 0.05) is 19.0 Å². The number of nitrogens with zero attached hydrogens (tertiary/aromatic N) is 1. The Bertz CT molecular complexity index is 1120. The lowest BCUT2D eigenvalue weighted by Gasteiger charge is -2.37. The van der Waals surface area contributed by atoms with Crippen LogP contribution in [0.5, 0.6) is 0 Å². The summed E-state index contributed by atoms with van der Waals surface area (Å²) in [5.74, 6) is -1.66. The summed E-state index contributed by atoms with van der Waals surface area (Å²) in [5.41, 5.74) is 3.55. The normalized spacial score (nSPS) is 23.2. The zero-order valence-electron chi connectivity index (χ0n) is 20.2. The first-order valence-corrected chi connectivity index (χ1v) is 12.5. The molecule has 3 aliphatic rings. The van der Waals surface area contributed by atoms with Crippen molar-refractivity contribution in [1.29, 1.82) is 0 Å². The summed E-state index contributed by atoms with van der Waals surface area (Å²) in [7, 11) is 0. The van der Waals surface area contributed by atoms with E-state index in [0.29, 0.717) is 13.0 Å². The van der Waals surface area contributed by atoms with E-state index < -0.39 is 23.5 Å². The minimum absolute atomic E-state index is 0.0359. The van der Waals surface area contributed by atoms with E-state index in [1.54, 1.807) is 4.90 Å². The highest BCUT2D eigenvalue weighted by Gasteiger charge is 2.67. The Hall–Kier alpha value is -3.35. The number of likely N-dealkylation sites (tertiary alicyclic amines) is 1. The second kappa shape index (κ2) is 9.02. The van der Waals surface area contributed by atoms with Gasteiger partial charge in [0.05, 0.1) is 5.92 Å². The maximum Gasteiger partial charge on any atom is 0.407 e. The summed E-state index contributed by atoms with van der Waals surface area (Å²) in [5, 5.41) is 12.6. The third-order valence-corrected chi connectivity index (χ3v) is 8.06. The summed E-state index contributed by atoms with van der Waals surface area (Å²) >= 11 is 0. The molecule has 2 aliphatic carbocycles. The number of hydrogen-bond acceptors (Lipinski definition) is 4. The quantitative estimate of drug-likeness (QED) is 0.622. The molecule has 1 aliphatic heterocycles. The number of ether oxygens (including phenoxy) is 1. The molecule has 2 aromatic rings. The fraction of sp³-hybridized carbons (Fsp3) is 0.464. The van der Waals surface area contributed by atoms with Crippen molar-refractivity contribution in [3.63, 3.8) is 0 Å². The van der Waals surface area contributed by atoms with Gasteiger partial charge in [0.2, 0.25) is 5.91 Å². The average molecular weight is 477 g/mol. The number of fused-ring (bicyclic) bond motifs is 4. The number of amides is 2. The van der Waals surface area contributed by atoms with Crippen molar-refractivity contribution in [2.75, 3.05) is 19.7 Å². The van der Waals surface area contributed by atoms with Gasteiger partial charge in [0.1, 0.15) is 12.1 Å². The topological polar surface area (TPSA) is 95.9 Å². The molecule has 0 spiro atoms. The third-order valence-electron chi connectivity index (χ3n) is 8.06. The Morgan fingerprint density at radius 3 is 2.31 bits per heavy atom. The number of nitrogens with one attached hydrogen (secondary N) is 1. The number of aliphatic carboxylic acids is 1. The highest BCUT2D eigenvalue weighted by atomic mass is 16.5. The van der Waals surface area contributed by atoms with E-state index in [1.165, 1.54) is 0 Å². The predicted molar refractivity (Wildman–Crippen MR) is 131 cm³/mol. The fourth-order valence-corrected chi connectivity index (χ4v) is 6.02. The number of hydrogen-bond donors (Lipinski definition) is 2. The van der Waals surface area contributed by atoms with Gasteiger partial charge in [-0.05, 0) is 53.4 Å². The van der Waals surface area contributed by atoms with Crippen LogP contribution in [-0.4, -0.2) is 53.2 Å². The van der Waals surface area contributed by atoms with E-state index in [1.807, 2.05) is 38.1 Å². The minimum atomic E-state index is -1.05. The van der Waals surface area contributed by atoms with Crippen LogP contribution in [0.1, 0.15) is 50.2 Å². The smallest absolute Gasteiger partial charge is 0.407 e. The van der Waals surface area contributed by atoms with Crippen LogP contribution in [0.4, 0.5) is 4.79 Å². The van der Waals surface area contributed by atoms with Crippen LogP contribution in [0.25, 0.3) is 11.1 Å². The zero-order chi connectivity index (χ0) is 24.7. The second-order valence-corrected chi connectivity index (χ2v) is 10.3. The molecule has 1 saturated carbocycles. The van der Waals surface area contributed by atoms with E-state index in [2.05, 4.69) is 29.6 Å². The number of rotatable bonds is 7. The number of piperidine rings is 1. The van der Waals surface area contributed by atoms with Crippen molar-refractivity contribution < 1.29 is 24.2 Å². The van der Waals surface area contributed by atoms with E-state index in [4.69, 9.17) is 4.74 Å². The van der Waals surface area contributed by atoms with Crippen molar-refractivity contribution in [3.8, 4) is 11.1 Å². The molecule has 5 rings (SSSR count). The van der Waals surface area contributed by atoms with E-state index in [0.717, 1.165) is 35.1 Å². The first-order chi connectivity index (χ1) is 16.8. The predicted octanol–water partition coefficient (Wildman–Crippen LogP) is 4.26. The number of carbonyl (C=O) groups is 3. The number of alkyl carbamates (subject to hydrolysis) is 1. The van der Waals surface area contributed by atoms with Crippen LogP contribution >= 0.6 is 0 Å². The van der Waals surface area contributed by atoms with Crippen molar-refractivity contribution in [3.05, 3.63) is 59.7 Å². The molecule has 0 bridgehead atoms. The van der Waals surface area contributed by atoms with Gasteiger partial charge in [0.15, 0.2) is 0 Å². The molecule has 2 fully saturated rings. The lowest BCUT2D eigenvalue weighted by molar-refractivity contribution is -0.157. The van der Waals surface area contributed by atoms with Gasteiger partial charge in [-0.3, -0.25) is 4.79 Å². The van der Waals surface area contributed by atoms with Gasteiger partial charge >= 0.3 is 12.1 Å². The van der Waals surface area contributed by atoms with Gasteiger partial charge in [-0.1, -0.05) is 62.4 Å². The maximum absolute atomic E-state index is 13.4. The van der Waals surface area contributed by atoms with E-state index in [-0.39, 0.29) is 36.8 Å². The van der Waals surface area contributed by atoms with Crippen LogP contribution in [0.15, 0.2) is 48.5 Å². The molecular formula is C28H32N2O5. The Kier molecular flexibility index (Phi) is 6.03. The Labute approximate surface area is 205 Å². The van der Waals surface area contributed by atoms with Crippen LogP contribution in [0.3, 0.4) is 0 Å². The minimum Gasteiger partial charge on any atom is -0.479 e. The molecule has 184 valence electrons. The van der Waals surface area contributed by atoms with Crippen molar-refractivity contribution in [2.24, 2.45) is 17.8 Å². The van der Waals surface area contributed by atoms with Gasteiger partial charge in [-0.25, -0.2) is 9.59 Å². The Balaban J connectivity index is 1.22. The molecule has 1 heterocycles. The molecule has 3 atom stereocenters.